The molecule has 4 aliphatic carbocycles. The van der Waals surface area contributed by atoms with Crippen molar-refractivity contribution >= 4 is 17.3 Å². The van der Waals surface area contributed by atoms with Crippen LogP contribution in [0.2, 0.25) is 0 Å². The molecule has 0 radical (unpaired) electrons. The SMILES string of the molecule is Cc1ccc(OCc2cccc(N)c2)c(F)c1C1OC2CC3C4CCC5=CC(=O)C=CC5(C)C4C(O)CC3(C)C2(C(=O)CO)O1. The minimum absolute atomic E-state index is 0.0168. The van der Waals surface area contributed by atoms with E-state index in [1.54, 1.807) is 49.4 Å². The van der Waals surface area contributed by atoms with Crippen LogP contribution in [0.1, 0.15) is 62.5 Å². The molecule has 238 valence electrons. The number of halogens is 1. The van der Waals surface area contributed by atoms with Gasteiger partial charge in [-0.3, -0.25) is 9.59 Å². The summed E-state index contributed by atoms with van der Waals surface area (Å²) in [6.45, 7) is 5.13. The van der Waals surface area contributed by atoms with Gasteiger partial charge in [-0.05, 0) is 85.9 Å². The van der Waals surface area contributed by atoms with E-state index in [4.69, 9.17) is 19.9 Å². The summed E-state index contributed by atoms with van der Waals surface area (Å²) in [4.78, 5) is 26.0. The van der Waals surface area contributed by atoms with Crippen molar-refractivity contribution in [2.75, 3.05) is 12.3 Å². The van der Waals surface area contributed by atoms with E-state index in [1.807, 2.05) is 19.1 Å². The molecule has 1 saturated heterocycles. The second kappa shape index (κ2) is 10.6. The van der Waals surface area contributed by atoms with E-state index in [2.05, 4.69) is 6.92 Å². The Balaban J connectivity index is 1.21. The standard InChI is InChI=1S/C36H40FNO7/c1-19-7-10-27(43-18-20-5-4-6-22(38)13-20)32(37)30(19)33-44-29-15-25-24-9-8-21-14-23(40)11-12-34(21,2)31(24)26(41)16-35(25,3)36(29,45-33)28(42)17-39/h4-7,10-14,24-26,29,31,33,39,41H,8-9,15-18,38H2,1-3H3. The van der Waals surface area contributed by atoms with E-state index in [9.17, 15) is 19.8 Å². The highest BCUT2D eigenvalue weighted by Gasteiger charge is 2.76. The number of anilines is 1. The van der Waals surface area contributed by atoms with Crippen molar-refractivity contribution in [2.45, 2.75) is 77.2 Å². The summed E-state index contributed by atoms with van der Waals surface area (Å²) in [6, 6.07) is 10.4. The molecule has 2 aromatic rings. The normalized spacial score (nSPS) is 38.2. The Morgan fingerprint density at radius 1 is 1.22 bits per heavy atom. The Morgan fingerprint density at radius 3 is 2.78 bits per heavy atom. The fourth-order valence-electron chi connectivity index (χ4n) is 9.73. The van der Waals surface area contributed by atoms with Crippen LogP contribution < -0.4 is 10.5 Å². The predicted molar refractivity (Wildman–Crippen MR) is 163 cm³/mol. The van der Waals surface area contributed by atoms with Gasteiger partial charge in [0.05, 0.1) is 17.8 Å². The summed E-state index contributed by atoms with van der Waals surface area (Å²) in [6.07, 6.45) is 4.67. The maximum Gasteiger partial charge on any atom is 0.193 e. The van der Waals surface area contributed by atoms with Crippen LogP contribution in [-0.4, -0.2) is 46.2 Å². The van der Waals surface area contributed by atoms with Crippen LogP contribution in [0.3, 0.4) is 0 Å². The van der Waals surface area contributed by atoms with E-state index in [1.165, 1.54) is 0 Å². The lowest BCUT2D eigenvalue weighted by Crippen LogP contribution is -2.63. The van der Waals surface area contributed by atoms with Crippen LogP contribution in [0.25, 0.3) is 0 Å². The highest BCUT2D eigenvalue weighted by Crippen LogP contribution is 2.70. The molecular weight excluding hydrogens is 577 g/mol. The van der Waals surface area contributed by atoms with E-state index in [0.29, 0.717) is 17.7 Å². The summed E-state index contributed by atoms with van der Waals surface area (Å²) in [5.41, 5.74) is 6.07. The molecule has 4 N–H and O–H groups in total. The molecule has 9 unspecified atom stereocenters. The Hall–Kier alpha value is -3.37. The number of fused-ring (bicyclic) bond motifs is 7. The Morgan fingerprint density at radius 2 is 2.02 bits per heavy atom. The van der Waals surface area contributed by atoms with Crippen LogP contribution in [-0.2, 0) is 25.7 Å². The number of ether oxygens (including phenoxy) is 3. The lowest BCUT2D eigenvalue weighted by atomic mass is 9.46. The zero-order valence-electron chi connectivity index (χ0n) is 25.8. The van der Waals surface area contributed by atoms with Gasteiger partial charge in [-0.1, -0.05) is 43.7 Å². The third-order valence-corrected chi connectivity index (χ3v) is 11.7. The van der Waals surface area contributed by atoms with Crippen molar-refractivity contribution in [1.29, 1.82) is 0 Å². The number of aliphatic hydroxyl groups is 2. The predicted octanol–water partition coefficient (Wildman–Crippen LogP) is 4.90. The first-order valence-corrected chi connectivity index (χ1v) is 15.8. The van der Waals surface area contributed by atoms with E-state index in [-0.39, 0.29) is 47.9 Å². The number of carbonyl (C=O) groups excluding carboxylic acids is 2. The van der Waals surface area contributed by atoms with Gasteiger partial charge in [0.1, 0.15) is 13.2 Å². The number of rotatable bonds is 6. The van der Waals surface area contributed by atoms with Gasteiger partial charge in [0.2, 0.25) is 0 Å². The summed E-state index contributed by atoms with van der Waals surface area (Å²) >= 11 is 0. The zero-order chi connectivity index (χ0) is 31.9. The molecule has 0 spiro atoms. The number of benzene rings is 2. The topological polar surface area (TPSA) is 128 Å². The first-order chi connectivity index (χ1) is 21.4. The first kappa shape index (κ1) is 30.3. The number of ketones is 2. The Kier molecular flexibility index (Phi) is 7.13. The number of aliphatic hydroxyl groups excluding tert-OH is 2. The minimum Gasteiger partial charge on any atom is -0.486 e. The molecule has 45 heavy (non-hydrogen) atoms. The van der Waals surface area contributed by atoms with Crippen molar-refractivity contribution in [1.82, 2.24) is 0 Å². The van der Waals surface area contributed by atoms with Crippen LogP contribution in [0, 0.1) is 41.3 Å². The molecule has 5 aliphatic rings. The largest absolute Gasteiger partial charge is 0.486 e. The highest BCUT2D eigenvalue weighted by atomic mass is 19.1. The molecule has 4 fully saturated rings. The van der Waals surface area contributed by atoms with E-state index in [0.717, 1.165) is 24.0 Å². The fraction of sp³-hybridized carbons (Fsp3) is 0.500. The van der Waals surface area contributed by atoms with Gasteiger partial charge in [-0.15, -0.1) is 0 Å². The summed E-state index contributed by atoms with van der Waals surface area (Å²) in [5.74, 6) is -1.36. The van der Waals surface area contributed by atoms with Crippen molar-refractivity contribution in [3.05, 3.63) is 82.7 Å². The summed E-state index contributed by atoms with van der Waals surface area (Å²) in [5, 5.41) is 22.1. The van der Waals surface area contributed by atoms with Gasteiger partial charge in [0.25, 0.3) is 0 Å². The number of hydrogen-bond donors (Lipinski definition) is 3. The Labute approximate surface area is 262 Å². The zero-order valence-corrected chi connectivity index (χ0v) is 25.8. The monoisotopic (exact) mass is 617 g/mol. The van der Waals surface area contributed by atoms with Crippen LogP contribution in [0.5, 0.6) is 5.75 Å². The molecule has 1 aliphatic heterocycles. The summed E-state index contributed by atoms with van der Waals surface area (Å²) < 4.78 is 35.1. The van der Waals surface area contributed by atoms with Crippen molar-refractivity contribution in [3.63, 3.8) is 0 Å². The van der Waals surface area contributed by atoms with Crippen LogP contribution in [0.4, 0.5) is 10.1 Å². The number of allylic oxidation sites excluding steroid dienone is 4. The maximum atomic E-state index is 16.2. The van der Waals surface area contributed by atoms with E-state index >= 15 is 4.39 Å². The Bertz CT molecular complexity index is 1640. The summed E-state index contributed by atoms with van der Waals surface area (Å²) in [7, 11) is 0. The third-order valence-electron chi connectivity index (χ3n) is 11.7. The third kappa shape index (κ3) is 4.31. The number of nitrogens with two attached hydrogens (primary N) is 1. The highest BCUT2D eigenvalue weighted by molar-refractivity contribution is 6.01. The van der Waals surface area contributed by atoms with Crippen molar-refractivity contribution < 1.29 is 38.4 Å². The number of aryl methyl sites for hydroxylation is 1. The van der Waals surface area contributed by atoms with Gasteiger partial charge in [0.15, 0.2) is 35.0 Å². The molecule has 0 amide bonds. The lowest BCUT2D eigenvalue weighted by molar-refractivity contribution is -0.201. The number of Topliss-reactive ketones (excluding diaryl/α,β-unsaturated/α-hetero) is 1. The number of nitrogen functional groups attached to an aromatic ring is 1. The molecule has 8 nitrogen and oxygen atoms in total. The van der Waals surface area contributed by atoms with Gasteiger partial charge < -0.3 is 30.2 Å². The molecular formula is C36H40FNO7. The molecule has 9 heteroatoms. The first-order valence-electron chi connectivity index (χ1n) is 15.8. The smallest absolute Gasteiger partial charge is 0.193 e. The van der Waals surface area contributed by atoms with Crippen molar-refractivity contribution in [3.8, 4) is 5.75 Å². The van der Waals surface area contributed by atoms with Crippen LogP contribution in [0.15, 0.2) is 60.2 Å². The van der Waals surface area contributed by atoms with E-state index < -0.39 is 53.1 Å². The molecule has 1 heterocycles. The lowest BCUT2D eigenvalue weighted by Gasteiger charge is -2.59. The van der Waals surface area contributed by atoms with Gasteiger partial charge >= 0.3 is 0 Å². The van der Waals surface area contributed by atoms with Crippen molar-refractivity contribution in [2.24, 2.45) is 28.6 Å². The fourth-order valence-corrected chi connectivity index (χ4v) is 9.73. The van der Waals surface area contributed by atoms with Gasteiger partial charge in [0, 0.05) is 22.4 Å². The van der Waals surface area contributed by atoms with Crippen LogP contribution >= 0.6 is 0 Å². The molecule has 7 rings (SSSR count). The minimum atomic E-state index is -1.57. The van der Waals surface area contributed by atoms with Gasteiger partial charge in [-0.2, -0.15) is 0 Å². The second-order valence-corrected chi connectivity index (χ2v) is 14.0. The molecule has 0 aromatic heterocycles. The second-order valence-electron chi connectivity index (χ2n) is 14.0. The molecule has 2 aromatic carbocycles. The molecule has 9 atom stereocenters. The van der Waals surface area contributed by atoms with Gasteiger partial charge in [-0.25, -0.2) is 4.39 Å². The number of carbonyl (C=O) groups is 2. The maximum absolute atomic E-state index is 16.2. The average molecular weight is 618 g/mol. The quantitative estimate of drug-likeness (QED) is 0.391. The average Bonchev–Trinajstić information content (AvgIpc) is 3.49. The number of hydrogen-bond acceptors (Lipinski definition) is 8. The molecule has 0 bridgehead atoms. The molecule has 3 saturated carbocycles.